The van der Waals surface area contributed by atoms with Crippen LogP contribution in [0, 0.1) is 11.3 Å². The summed E-state index contributed by atoms with van der Waals surface area (Å²) in [5.41, 5.74) is 4.47. The monoisotopic (exact) mass is 353 g/mol. The van der Waals surface area contributed by atoms with Crippen molar-refractivity contribution in [3.05, 3.63) is 102 Å². The quantitative estimate of drug-likeness (QED) is 0.693. The van der Waals surface area contributed by atoms with Gasteiger partial charge in [0.05, 0.1) is 17.3 Å². The summed E-state index contributed by atoms with van der Waals surface area (Å²) < 4.78 is 0. The number of hydrogen-bond donors (Lipinski definition) is 0. The van der Waals surface area contributed by atoms with Gasteiger partial charge in [-0.15, -0.1) is 0 Å². The Morgan fingerprint density at radius 3 is 1.74 bits per heavy atom. The molecule has 1 aliphatic heterocycles. The van der Waals surface area contributed by atoms with Crippen LogP contribution < -0.4 is 4.90 Å². The number of rotatable bonds is 4. The first-order valence-electron chi connectivity index (χ1n) is 9.45. The molecule has 0 amide bonds. The van der Waals surface area contributed by atoms with E-state index in [1.165, 1.54) is 11.1 Å². The lowest BCUT2D eigenvalue weighted by Gasteiger charge is -2.41. The molecule has 4 rings (SSSR count). The second-order valence-corrected chi connectivity index (χ2v) is 6.88. The van der Waals surface area contributed by atoms with Crippen LogP contribution in [0.15, 0.2) is 84.9 Å². The number of anilines is 1. The van der Waals surface area contributed by atoms with Gasteiger partial charge in [0.1, 0.15) is 6.07 Å². The SMILES string of the molecule is N#Cc1ccccc1N1CCN(C(c2ccccc2)c2ccccc2)CC1. The second kappa shape index (κ2) is 8.07. The van der Waals surface area contributed by atoms with Gasteiger partial charge in [-0.05, 0) is 23.3 Å². The Morgan fingerprint density at radius 2 is 1.19 bits per heavy atom. The van der Waals surface area contributed by atoms with Crippen LogP contribution >= 0.6 is 0 Å². The lowest BCUT2D eigenvalue weighted by atomic mass is 9.96. The Bertz CT molecular complexity index is 868. The van der Waals surface area contributed by atoms with E-state index in [2.05, 4.69) is 82.6 Å². The van der Waals surface area contributed by atoms with Crippen molar-refractivity contribution in [2.75, 3.05) is 31.1 Å². The third-order valence-electron chi connectivity index (χ3n) is 5.28. The maximum atomic E-state index is 9.40. The molecule has 3 aromatic carbocycles. The van der Waals surface area contributed by atoms with E-state index in [4.69, 9.17) is 0 Å². The molecular weight excluding hydrogens is 330 g/mol. The first kappa shape index (κ1) is 17.3. The normalized spacial score (nSPS) is 14.9. The highest BCUT2D eigenvalue weighted by molar-refractivity contribution is 5.59. The average molecular weight is 353 g/mol. The summed E-state index contributed by atoms with van der Waals surface area (Å²) in [7, 11) is 0. The lowest BCUT2D eigenvalue weighted by molar-refractivity contribution is 0.212. The third-order valence-corrected chi connectivity index (χ3v) is 5.28. The fourth-order valence-electron chi connectivity index (χ4n) is 3.95. The molecule has 27 heavy (non-hydrogen) atoms. The Morgan fingerprint density at radius 1 is 0.667 bits per heavy atom. The van der Waals surface area contributed by atoms with Crippen molar-refractivity contribution in [2.24, 2.45) is 0 Å². The van der Waals surface area contributed by atoms with Crippen LogP contribution in [0.1, 0.15) is 22.7 Å². The smallest absolute Gasteiger partial charge is 0.101 e. The van der Waals surface area contributed by atoms with Gasteiger partial charge in [-0.3, -0.25) is 4.90 Å². The van der Waals surface area contributed by atoms with Crippen molar-refractivity contribution in [1.82, 2.24) is 4.90 Å². The molecule has 0 radical (unpaired) electrons. The fraction of sp³-hybridized carbons (Fsp3) is 0.208. The number of piperazine rings is 1. The molecule has 1 fully saturated rings. The predicted molar refractivity (Wildman–Crippen MR) is 110 cm³/mol. The van der Waals surface area contributed by atoms with Crippen LogP contribution in [0.2, 0.25) is 0 Å². The topological polar surface area (TPSA) is 30.3 Å². The van der Waals surface area contributed by atoms with Crippen LogP contribution in [-0.2, 0) is 0 Å². The zero-order valence-corrected chi connectivity index (χ0v) is 15.3. The van der Waals surface area contributed by atoms with E-state index in [-0.39, 0.29) is 6.04 Å². The molecule has 3 aromatic rings. The van der Waals surface area contributed by atoms with Crippen molar-refractivity contribution in [3.63, 3.8) is 0 Å². The van der Waals surface area contributed by atoms with Crippen LogP contribution in [0.25, 0.3) is 0 Å². The fourth-order valence-corrected chi connectivity index (χ4v) is 3.95. The van der Waals surface area contributed by atoms with Crippen LogP contribution in [0.4, 0.5) is 5.69 Å². The molecule has 1 aliphatic rings. The molecule has 0 aromatic heterocycles. The number of hydrogen-bond acceptors (Lipinski definition) is 3. The van der Waals surface area contributed by atoms with Crippen molar-refractivity contribution in [3.8, 4) is 6.07 Å². The lowest BCUT2D eigenvalue weighted by Crippen LogP contribution is -2.48. The summed E-state index contributed by atoms with van der Waals surface area (Å²) >= 11 is 0. The maximum Gasteiger partial charge on any atom is 0.101 e. The van der Waals surface area contributed by atoms with Gasteiger partial charge in [-0.1, -0.05) is 72.8 Å². The molecule has 3 nitrogen and oxygen atoms in total. The van der Waals surface area contributed by atoms with E-state index in [1.54, 1.807) is 0 Å². The van der Waals surface area contributed by atoms with Crippen molar-refractivity contribution in [1.29, 1.82) is 5.26 Å². The van der Waals surface area contributed by atoms with E-state index in [0.717, 1.165) is 37.4 Å². The summed E-state index contributed by atoms with van der Waals surface area (Å²) in [5, 5.41) is 9.40. The molecule has 1 saturated heterocycles. The second-order valence-electron chi connectivity index (χ2n) is 6.88. The predicted octanol–water partition coefficient (Wildman–Crippen LogP) is 4.47. The van der Waals surface area contributed by atoms with Crippen molar-refractivity contribution in [2.45, 2.75) is 6.04 Å². The molecule has 0 saturated carbocycles. The third kappa shape index (κ3) is 3.72. The zero-order valence-electron chi connectivity index (χ0n) is 15.3. The Hall–Kier alpha value is -3.09. The highest BCUT2D eigenvalue weighted by Crippen LogP contribution is 2.30. The van der Waals surface area contributed by atoms with Gasteiger partial charge in [0.2, 0.25) is 0 Å². The summed E-state index contributed by atoms with van der Waals surface area (Å²) in [5.74, 6) is 0. The average Bonchev–Trinajstić information content (AvgIpc) is 2.76. The van der Waals surface area contributed by atoms with Crippen molar-refractivity contribution < 1.29 is 0 Å². The van der Waals surface area contributed by atoms with Crippen LogP contribution in [0.3, 0.4) is 0 Å². The Balaban J connectivity index is 1.57. The minimum atomic E-state index is 0.265. The van der Waals surface area contributed by atoms with E-state index in [0.29, 0.717) is 0 Å². The highest BCUT2D eigenvalue weighted by atomic mass is 15.3. The highest BCUT2D eigenvalue weighted by Gasteiger charge is 2.27. The van der Waals surface area contributed by atoms with Gasteiger partial charge in [0, 0.05) is 26.2 Å². The van der Waals surface area contributed by atoms with Gasteiger partial charge in [-0.2, -0.15) is 5.26 Å². The summed E-state index contributed by atoms with van der Waals surface area (Å²) in [6.45, 7) is 3.78. The first-order valence-corrected chi connectivity index (χ1v) is 9.45. The molecular formula is C24H23N3. The number of nitrogens with zero attached hydrogens (tertiary/aromatic N) is 3. The molecule has 134 valence electrons. The van der Waals surface area contributed by atoms with Gasteiger partial charge in [-0.25, -0.2) is 0 Å². The van der Waals surface area contributed by atoms with E-state index in [9.17, 15) is 5.26 Å². The number of para-hydroxylation sites is 1. The van der Waals surface area contributed by atoms with Crippen molar-refractivity contribution >= 4 is 5.69 Å². The molecule has 0 bridgehead atoms. The zero-order chi connectivity index (χ0) is 18.5. The number of nitriles is 1. The standard InChI is InChI=1S/C24H23N3/c25-19-22-13-7-8-14-23(22)26-15-17-27(18-16-26)24(20-9-3-1-4-10-20)21-11-5-2-6-12-21/h1-14,24H,15-18H2. The first-order chi connectivity index (χ1) is 13.4. The molecule has 1 heterocycles. The minimum Gasteiger partial charge on any atom is -0.368 e. The summed E-state index contributed by atoms with van der Waals surface area (Å²) in [6.07, 6.45) is 0. The van der Waals surface area contributed by atoms with Gasteiger partial charge < -0.3 is 4.90 Å². The molecule has 0 unspecified atom stereocenters. The Kier molecular flexibility index (Phi) is 5.18. The molecule has 0 aliphatic carbocycles. The van der Waals surface area contributed by atoms with E-state index in [1.807, 2.05) is 18.2 Å². The van der Waals surface area contributed by atoms with Crippen LogP contribution in [-0.4, -0.2) is 31.1 Å². The Labute approximate surface area is 161 Å². The minimum absolute atomic E-state index is 0.265. The van der Waals surface area contributed by atoms with Crippen LogP contribution in [0.5, 0.6) is 0 Å². The maximum absolute atomic E-state index is 9.40. The molecule has 0 atom stereocenters. The van der Waals surface area contributed by atoms with Gasteiger partial charge in [0.25, 0.3) is 0 Å². The van der Waals surface area contributed by atoms with Gasteiger partial charge in [0.15, 0.2) is 0 Å². The molecule has 3 heteroatoms. The summed E-state index contributed by atoms with van der Waals surface area (Å²) in [6, 6.07) is 32.0. The molecule has 0 N–H and O–H groups in total. The molecule has 0 spiro atoms. The van der Waals surface area contributed by atoms with Gasteiger partial charge >= 0.3 is 0 Å². The largest absolute Gasteiger partial charge is 0.368 e. The summed E-state index contributed by atoms with van der Waals surface area (Å²) in [4.78, 5) is 4.89. The van der Waals surface area contributed by atoms with E-state index >= 15 is 0 Å². The number of benzene rings is 3. The van der Waals surface area contributed by atoms with E-state index < -0.39 is 0 Å².